The lowest BCUT2D eigenvalue weighted by molar-refractivity contribution is 0.421. The number of hydrogen-bond donors (Lipinski definition) is 2. The molecule has 162 valence electrons. The summed E-state index contributed by atoms with van der Waals surface area (Å²) >= 11 is 0. The Morgan fingerprint density at radius 2 is 2.03 bits per heavy atom. The molecule has 2 saturated heterocycles. The van der Waals surface area contributed by atoms with Gasteiger partial charge in [0.15, 0.2) is 5.82 Å². The van der Waals surface area contributed by atoms with Gasteiger partial charge in [-0.2, -0.15) is 0 Å². The minimum absolute atomic E-state index is 0.510. The van der Waals surface area contributed by atoms with Crippen molar-refractivity contribution in [1.82, 2.24) is 30.2 Å². The fourth-order valence-electron chi connectivity index (χ4n) is 5.93. The maximum absolute atomic E-state index is 5.29. The van der Waals surface area contributed by atoms with Crippen molar-refractivity contribution in [2.24, 2.45) is 0 Å². The molecule has 4 aromatic heterocycles. The molecular formula is C25H27N7. The largest absolute Gasteiger partial charge is 0.351 e. The van der Waals surface area contributed by atoms with Gasteiger partial charge in [0.05, 0.1) is 11.7 Å². The van der Waals surface area contributed by atoms with Gasteiger partial charge in [-0.15, -0.1) is 0 Å². The van der Waals surface area contributed by atoms with Crippen molar-refractivity contribution >= 4 is 27.8 Å². The van der Waals surface area contributed by atoms with E-state index >= 15 is 0 Å². The Labute approximate surface area is 186 Å². The van der Waals surface area contributed by atoms with E-state index in [9.17, 15) is 0 Å². The van der Waals surface area contributed by atoms with Crippen LogP contribution in [0.4, 0.5) is 5.82 Å². The minimum Gasteiger partial charge on any atom is -0.351 e. The molecule has 0 bridgehead atoms. The highest BCUT2D eigenvalue weighted by Crippen LogP contribution is 2.43. The van der Waals surface area contributed by atoms with Crippen molar-refractivity contribution < 1.29 is 0 Å². The van der Waals surface area contributed by atoms with E-state index in [1.54, 1.807) is 0 Å². The minimum atomic E-state index is 0.510. The molecular weight excluding hydrogens is 398 g/mol. The predicted octanol–water partition coefficient (Wildman–Crippen LogP) is 4.08. The Hall–Kier alpha value is -3.06. The summed E-state index contributed by atoms with van der Waals surface area (Å²) in [7, 11) is 0. The van der Waals surface area contributed by atoms with E-state index in [1.165, 1.54) is 43.1 Å². The van der Waals surface area contributed by atoms with Crippen LogP contribution in [0.15, 0.2) is 30.7 Å². The van der Waals surface area contributed by atoms with E-state index in [4.69, 9.17) is 9.97 Å². The third-order valence-electron chi connectivity index (χ3n) is 7.73. The van der Waals surface area contributed by atoms with Crippen LogP contribution >= 0.6 is 0 Å². The molecule has 4 aromatic rings. The van der Waals surface area contributed by atoms with Crippen molar-refractivity contribution in [3.05, 3.63) is 42.0 Å². The number of fused-ring (bicyclic) bond motifs is 3. The molecule has 6 heterocycles. The summed E-state index contributed by atoms with van der Waals surface area (Å²) < 4.78 is 0. The molecule has 1 aliphatic carbocycles. The number of anilines is 1. The number of nitrogens with zero attached hydrogens (tertiary/aromatic N) is 5. The second-order valence-electron chi connectivity index (χ2n) is 9.59. The zero-order valence-electron chi connectivity index (χ0n) is 18.3. The van der Waals surface area contributed by atoms with Crippen LogP contribution in [0.2, 0.25) is 0 Å². The summed E-state index contributed by atoms with van der Waals surface area (Å²) in [6.45, 7) is 4.19. The average Bonchev–Trinajstić information content (AvgIpc) is 3.46. The van der Waals surface area contributed by atoms with E-state index in [1.807, 2.05) is 18.5 Å². The fraction of sp³-hybridized carbons (Fsp3) is 0.440. The van der Waals surface area contributed by atoms with Gasteiger partial charge in [0.2, 0.25) is 0 Å². The Morgan fingerprint density at radius 1 is 1.09 bits per heavy atom. The zero-order valence-corrected chi connectivity index (χ0v) is 18.3. The number of aromatic amines is 1. The first-order valence-corrected chi connectivity index (χ1v) is 11.9. The third kappa shape index (κ3) is 2.70. The average molecular weight is 426 g/mol. The summed E-state index contributed by atoms with van der Waals surface area (Å²) in [4.78, 5) is 25.4. The van der Waals surface area contributed by atoms with Crippen LogP contribution in [-0.4, -0.2) is 50.1 Å². The van der Waals surface area contributed by atoms with Gasteiger partial charge in [-0.25, -0.2) is 15.0 Å². The molecule has 0 amide bonds. The molecule has 0 aromatic carbocycles. The molecule has 0 radical (unpaired) electrons. The second-order valence-corrected chi connectivity index (χ2v) is 9.59. The summed E-state index contributed by atoms with van der Waals surface area (Å²) in [5.41, 5.74) is 5.29. The van der Waals surface area contributed by atoms with Gasteiger partial charge < -0.3 is 15.2 Å². The van der Waals surface area contributed by atoms with E-state index in [2.05, 4.69) is 44.4 Å². The number of rotatable bonds is 3. The Balaban J connectivity index is 1.48. The summed E-state index contributed by atoms with van der Waals surface area (Å²) in [5.74, 6) is 2.45. The van der Waals surface area contributed by atoms with Gasteiger partial charge in [0.25, 0.3) is 0 Å². The van der Waals surface area contributed by atoms with E-state index in [0.717, 1.165) is 52.5 Å². The van der Waals surface area contributed by atoms with Crippen LogP contribution in [0.25, 0.3) is 33.3 Å². The summed E-state index contributed by atoms with van der Waals surface area (Å²) in [6, 6.07) is 5.25. The molecule has 3 fully saturated rings. The Kier molecular flexibility index (Phi) is 4.03. The van der Waals surface area contributed by atoms with Gasteiger partial charge in [-0.3, -0.25) is 4.98 Å². The highest BCUT2D eigenvalue weighted by Gasteiger charge is 2.39. The van der Waals surface area contributed by atoms with Gasteiger partial charge in [0, 0.05) is 53.1 Å². The Bertz CT molecular complexity index is 1340. The maximum Gasteiger partial charge on any atom is 0.163 e. The first-order valence-electron chi connectivity index (χ1n) is 11.9. The van der Waals surface area contributed by atoms with Crippen LogP contribution in [0.1, 0.15) is 49.3 Å². The fourth-order valence-corrected chi connectivity index (χ4v) is 5.93. The molecule has 0 spiro atoms. The monoisotopic (exact) mass is 425 g/mol. The lowest BCUT2D eigenvalue weighted by Crippen LogP contribution is -2.35. The van der Waals surface area contributed by atoms with Crippen LogP contribution in [0, 0.1) is 6.92 Å². The van der Waals surface area contributed by atoms with Gasteiger partial charge in [-0.1, -0.05) is 6.42 Å². The number of aromatic nitrogens is 5. The number of pyridine rings is 2. The lowest BCUT2D eigenvalue weighted by Gasteiger charge is -2.30. The Morgan fingerprint density at radius 3 is 2.91 bits per heavy atom. The standard InChI is InChI=1S/C25H27N7/c1-14-11-17-16(5-8-28-23(17)29-14)24-30-20-13-26-12-18(15-3-2-4-15)22(20)25(31-24)32-10-7-19-21(32)6-9-27-19/h5,8,11-13,15,19,21,27H,2-4,6-7,9-10H2,1H3,(H,28,29)/t19-,21-/m1/s1. The number of H-pyrrole nitrogens is 1. The molecule has 0 unspecified atom stereocenters. The quantitative estimate of drug-likeness (QED) is 0.515. The number of nitrogens with one attached hydrogen (secondary N) is 2. The van der Waals surface area contributed by atoms with Crippen molar-refractivity contribution in [3.63, 3.8) is 0 Å². The van der Waals surface area contributed by atoms with Crippen molar-refractivity contribution in [2.75, 3.05) is 18.0 Å². The highest BCUT2D eigenvalue weighted by atomic mass is 15.3. The molecule has 7 rings (SSSR count). The van der Waals surface area contributed by atoms with E-state index in [-0.39, 0.29) is 0 Å². The van der Waals surface area contributed by atoms with Crippen LogP contribution < -0.4 is 10.2 Å². The number of hydrogen-bond acceptors (Lipinski definition) is 6. The molecule has 32 heavy (non-hydrogen) atoms. The van der Waals surface area contributed by atoms with Crippen LogP contribution in [0.3, 0.4) is 0 Å². The van der Waals surface area contributed by atoms with Crippen LogP contribution in [0.5, 0.6) is 0 Å². The van der Waals surface area contributed by atoms with Gasteiger partial charge in [0.1, 0.15) is 11.5 Å². The van der Waals surface area contributed by atoms with Crippen molar-refractivity contribution in [2.45, 2.75) is 57.0 Å². The van der Waals surface area contributed by atoms with Crippen LogP contribution in [-0.2, 0) is 0 Å². The molecule has 2 atom stereocenters. The summed E-state index contributed by atoms with van der Waals surface area (Å²) in [5, 5.41) is 5.98. The molecule has 2 N–H and O–H groups in total. The molecule has 7 nitrogen and oxygen atoms in total. The third-order valence-corrected chi connectivity index (χ3v) is 7.73. The second kappa shape index (κ2) is 6.97. The van der Waals surface area contributed by atoms with Gasteiger partial charge in [-0.05, 0) is 62.8 Å². The SMILES string of the molecule is Cc1cc2c(-c3nc(N4CC[C@H]5NCC[C@H]54)c4c(C5CCC5)cncc4n3)ccnc2[nH]1. The smallest absolute Gasteiger partial charge is 0.163 e. The van der Waals surface area contributed by atoms with Gasteiger partial charge >= 0.3 is 0 Å². The zero-order chi connectivity index (χ0) is 21.2. The predicted molar refractivity (Wildman–Crippen MR) is 126 cm³/mol. The first-order chi connectivity index (χ1) is 15.8. The number of aryl methyl sites for hydroxylation is 1. The maximum atomic E-state index is 5.29. The highest BCUT2D eigenvalue weighted by molar-refractivity contribution is 5.97. The van der Waals surface area contributed by atoms with E-state index in [0.29, 0.717) is 18.0 Å². The van der Waals surface area contributed by atoms with E-state index < -0.39 is 0 Å². The van der Waals surface area contributed by atoms with Crippen molar-refractivity contribution in [3.8, 4) is 11.4 Å². The normalized spacial score (nSPS) is 23.2. The molecule has 2 aliphatic heterocycles. The molecule has 3 aliphatic rings. The lowest BCUT2D eigenvalue weighted by atomic mass is 9.79. The van der Waals surface area contributed by atoms with Crippen molar-refractivity contribution in [1.29, 1.82) is 0 Å². The molecule has 1 saturated carbocycles. The summed E-state index contributed by atoms with van der Waals surface area (Å²) in [6.07, 6.45) is 12.0. The topological polar surface area (TPSA) is 82.6 Å². The first kappa shape index (κ1) is 18.5. The molecule has 7 heteroatoms.